The van der Waals surface area contributed by atoms with Gasteiger partial charge in [-0.05, 0) is 44.2 Å². The predicted molar refractivity (Wildman–Crippen MR) is 143 cm³/mol. The minimum atomic E-state index is 0.170. The molecule has 0 spiro atoms. The number of carbonyl (C=O) groups excluding carboxylic acids is 1. The minimum absolute atomic E-state index is 0.170. The lowest BCUT2D eigenvalue weighted by Crippen LogP contribution is -2.50. The van der Waals surface area contributed by atoms with Crippen LogP contribution in [0.4, 0.5) is 5.82 Å². The van der Waals surface area contributed by atoms with Crippen molar-refractivity contribution in [3.63, 3.8) is 0 Å². The fourth-order valence-electron chi connectivity index (χ4n) is 4.86. The number of thiophene rings is 1. The molecule has 0 N–H and O–H groups in total. The summed E-state index contributed by atoms with van der Waals surface area (Å²) in [5.74, 6) is 2.48. The standard InChI is InChI=1S/C28H38N4OS/c1-5-7-13-23(6-2)28(33)32-18-16-31(17-19-32)26-25-20(3)21(4)34-27(25)30-24(29-26)15-14-22-11-9-8-10-12-22/h8-12,23H,5-7,13-19H2,1-4H3/t23-/m0/s1. The fourth-order valence-corrected chi connectivity index (χ4v) is 5.91. The summed E-state index contributed by atoms with van der Waals surface area (Å²) in [4.78, 5) is 30.0. The van der Waals surface area contributed by atoms with E-state index in [2.05, 4.69) is 67.8 Å². The Labute approximate surface area is 208 Å². The smallest absolute Gasteiger partial charge is 0.225 e. The molecule has 1 aliphatic rings. The van der Waals surface area contributed by atoms with E-state index < -0.39 is 0 Å². The zero-order valence-electron chi connectivity index (χ0n) is 21.1. The van der Waals surface area contributed by atoms with Crippen molar-refractivity contribution >= 4 is 33.3 Å². The third kappa shape index (κ3) is 5.43. The summed E-state index contributed by atoms with van der Waals surface area (Å²) in [6, 6.07) is 10.6. The molecule has 1 saturated heterocycles. The van der Waals surface area contributed by atoms with Crippen LogP contribution in [-0.2, 0) is 17.6 Å². The highest BCUT2D eigenvalue weighted by Crippen LogP contribution is 2.35. The Kier molecular flexibility index (Phi) is 8.19. The van der Waals surface area contributed by atoms with Gasteiger partial charge in [-0.15, -0.1) is 11.3 Å². The number of aromatic nitrogens is 2. The van der Waals surface area contributed by atoms with Crippen molar-refractivity contribution in [2.45, 2.75) is 66.2 Å². The molecule has 1 aromatic carbocycles. The second-order valence-corrected chi connectivity index (χ2v) is 10.7. The lowest BCUT2D eigenvalue weighted by atomic mass is 9.97. The van der Waals surface area contributed by atoms with Gasteiger partial charge >= 0.3 is 0 Å². The van der Waals surface area contributed by atoms with E-state index in [1.807, 2.05) is 0 Å². The lowest BCUT2D eigenvalue weighted by Gasteiger charge is -2.37. The summed E-state index contributed by atoms with van der Waals surface area (Å²) in [5.41, 5.74) is 2.60. The normalized spacial score (nSPS) is 15.2. The van der Waals surface area contributed by atoms with Crippen LogP contribution < -0.4 is 4.90 Å². The van der Waals surface area contributed by atoms with Gasteiger partial charge in [0.15, 0.2) is 0 Å². The van der Waals surface area contributed by atoms with Crippen LogP contribution in [0.2, 0.25) is 0 Å². The molecule has 1 atom stereocenters. The molecular weight excluding hydrogens is 440 g/mol. The predicted octanol–water partition coefficient (Wildman–Crippen LogP) is 5.96. The zero-order chi connectivity index (χ0) is 24.1. The second kappa shape index (κ2) is 11.3. The van der Waals surface area contributed by atoms with Gasteiger partial charge in [-0.3, -0.25) is 4.79 Å². The van der Waals surface area contributed by atoms with Gasteiger partial charge in [0.05, 0.1) is 5.39 Å². The Morgan fingerprint density at radius 3 is 2.44 bits per heavy atom. The molecule has 5 nitrogen and oxygen atoms in total. The summed E-state index contributed by atoms with van der Waals surface area (Å²) < 4.78 is 0. The number of hydrogen-bond acceptors (Lipinski definition) is 5. The summed E-state index contributed by atoms with van der Waals surface area (Å²) in [6.07, 6.45) is 5.99. The Hall–Kier alpha value is -2.47. The monoisotopic (exact) mass is 478 g/mol. The first-order chi connectivity index (χ1) is 16.5. The van der Waals surface area contributed by atoms with E-state index in [0.717, 1.165) is 81.2 Å². The molecule has 1 fully saturated rings. The number of anilines is 1. The van der Waals surface area contributed by atoms with Crippen LogP contribution >= 0.6 is 11.3 Å². The average Bonchev–Trinajstić information content (AvgIpc) is 3.16. The SMILES string of the molecule is CCCC[C@H](CC)C(=O)N1CCN(c2nc(CCc3ccccc3)nc3sc(C)c(C)c23)CC1. The van der Waals surface area contributed by atoms with Gasteiger partial charge in [0.25, 0.3) is 0 Å². The Bertz CT molecular complexity index is 1100. The molecule has 0 saturated carbocycles. The summed E-state index contributed by atoms with van der Waals surface area (Å²) in [7, 11) is 0. The largest absolute Gasteiger partial charge is 0.352 e. The number of fused-ring (bicyclic) bond motifs is 1. The Morgan fingerprint density at radius 1 is 1.03 bits per heavy atom. The molecule has 2 aromatic heterocycles. The van der Waals surface area contributed by atoms with Gasteiger partial charge in [0.1, 0.15) is 16.5 Å². The van der Waals surface area contributed by atoms with E-state index in [1.54, 1.807) is 11.3 Å². The van der Waals surface area contributed by atoms with E-state index in [0.29, 0.717) is 5.91 Å². The van der Waals surface area contributed by atoms with Gasteiger partial charge < -0.3 is 9.80 Å². The van der Waals surface area contributed by atoms with Crippen molar-refractivity contribution < 1.29 is 4.79 Å². The number of nitrogens with zero attached hydrogens (tertiary/aromatic N) is 4. The highest BCUT2D eigenvalue weighted by atomic mass is 32.1. The van der Waals surface area contributed by atoms with E-state index >= 15 is 0 Å². The molecule has 34 heavy (non-hydrogen) atoms. The molecule has 6 heteroatoms. The number of unbranched alkanes of at least 4 members (excludes halogenated alkanes) is 1. The molecule has 0 radical (unpaired) electrons. The molecule has 0 aliphatic carbocycles. The first kappa shape index (κ1) is 24.6. The topological polar surface area (TPSA) is 49.3 Å². The van der Waals surface area contributed by atoms with Crippen molar-refractivity contribution in [1.29, 1.82) is 0 Å². The van der Waals surface area contributed by atoms with Crippen LogP contribution in [0.25, 0.3) is 10.2 Å². The van der Waals surface area contributed by atoms with Gasteiger partial charge in [0.2, 0.25) is 5.91 Å². The number of piperazine rings is 1. The first-order valence-electron chi connectivity index (χ1n) is 12.9. The third-order valence-corrected chi connectivity index (χ3v) is 8.28. The number of aryl methyl sites for hydroxylation is 4. The van der Waals surface area contributed by atoms with Crippen molar-refractivity contribution in [2.24, 2.45) is 5.92 Å². The van der Waals surface area contributed by atoms with E-state index in [-0.39, 0.29) is 5.92 Å². The number of amides is 1. The molecule has 182 valence electrons. The molecule has 3 aromatic rings. The zero-order valence-corrected chi connectivity index (χ0v) is 22.0. The van der Waals surface area contributed by atoms with Crippen LogP contribution in [0.1, 0.15) is 61.4 Å². The molecule has 0 bridgehead atoms. The molecule has 4 rings (SSSR count). The van der Waals surface area contributed by atoms with Crippen molar-refractivity contribution in [3.8, 4) is 0 Å². The van der Waals surface area contributed by atoms with Crippen LogP contribution in [-0.4, -0.2) is 47.0 Å². The molecular formula is C28H38N4OS. The Balaban J connectivity index is 1.52. The van der Waals surface area contributed by atoms with Crippen molar-refractivity contribution in [2.75, 3.05) is 31.1 Å². The number of carbonyl (C=O) groups is 1. The summed E-state index contributed by atoms with van der Waals surface area (Å²) >= 11 is 1.77. The number of rotatable bonds is 9. The number of benzene rings is 1. The first-order valence-corrected chi connectivity index (χ1v) is 13.7. The summed E-state index contributed by atoms with van der Waals surface area (Å²) in [5, 5.41) is 1.19. The molecule has 1 aliphatic heterocycles. The highest BCUT2D eigenvalue weighted by Gasteiger charge is 2.28. The minimum Gasteiger partial charge on any atom is -0.352 e. The van der Waals surface area contributed by atoms with E-state index in [1.165, 1.54) is 21.4 Å². The quantitative estimate of drug-likeness (QED) is 0.381. The average molecular weight is 479 g/mol. The second-order valence-electron chi connectivity index (χ2n) is 9.47. The Morgan fingerprint density at radius 2 is 1.76 bits per heavy atom. The fraction of sp³-hybridized carbons (Fsp3) is 0.536. The van der Waals surface area contributed by atoms with Crippen LogP contribution in [0.3, 0.4) is 0 Å². The van der Waals surface area contributed by atoms with Crippen LogP contribution in [0.15, 0.2) is 30.3 Å². The van der Waals surface area contributed by atoms with Crippen molar-refractivity contribution in [3.05, 3.63) is 52.2 Å². The van der Waals surface area contributed by atoms with Crippen LogP contribution in [0.5, 0.6) is 0 Å². The van der Waals surface area contributed by atoms with Gasteiger partial charge in [-0.25, -0.2) is 9.97 Å². The maximum absolute atomic E-state index is 13.1. The van der Waals surface area contributed by atoms with Crippen LogP contribution in [0, 0.1) is 19.8 Å². The molecule has 3 heterocycles. The van der Waals surface area contributed by atoms with Crippen molar-refractivity contribution in [1.82, 2.24) is 14.9 Å². The number of hydrogen-bond donors (Lipinski definition) is 0. The third-order valence-electron chi connectivity index (χ3n) is 7.18. The molecule has 0 unspecified atom stereocenters. The highest BCUT2D eigenvalue weighted by molar-refractivity contribution is 7.18. The van der Waals surface area contributed by atoms with E-state index in [4.69, 9.17) is 9.97 Å². The lowest BCUT2D eigenvalue weighted by molar-refractivity contribution is -0.136. The molecule has 1 amide bonds. The summed E-state index contributed by atoms with van der Waals surface area (Å²) in [6.45, 7) is 11.9. The maximum Gasteiger partial charge on any atom is 0.225 e. The van der Waals surface area contributed by atoms with Gasteiger partial charge in [-0.2, -0.15) is 0 Å². The van der Waals surface area contributed by atoms with Gasteiger partial charge in [-0.1, -0.05) is 57.0 Å². The van der Waals surface area contributed by atoms with E-state index in [9.17, 15) is 4.79 Å². The van der Waals surface area contributed by atoms with Gasteiger partial charge in [0, 0.05) is 43.4 Å². The maximum atomic E-state index is 13.1.